The molecule has 5 nitrogen and oxygen atoms in total. The third-order valence-corrected chi connectivity index (χ3v) is 3.76. The van der Waals surface area contributed by atoms with Crippen molar-refractivity contribution in [3.63, 3.8) is 0 Å². The summed E-state index contributed by atoms with van der Waals surface area (Å²) in [6.07, 6.45) is 1.48. The van der Waals surface area contributed by atoms with Crippen LogP contribution in [0.3, 0.4) is 0 Å². The molecule has 0 aliphatic carbocycles. The van der Waals surface area contributed by atoms with Gasteiger partial charge in [-0.05, 0) is 43.2 Å². The molecular weight excluding hydrogens is 329 g/mol. The third kappa shape index (κ3) is 3.60. The number of nitrogens with one attached hydrogen (secondary N) is 2. The van der Waals surface area contributed by atoms with Crippen LogP contribution >= 0.6 is 11.6 Å². The highest BCUT2D eigenvalue weighted by Gasteiger charge is 2.07. The van der Waals surface area contributed by atoms with Crippen LogP contribution in [0.25, 0.3) is 0 Å². The van der Waals surface area contributed by atoms with Crippen molar-refractivity contribution >= 4 is 34.7 Å². The monoisotopic (exact) mass is 343 g/mol. The molecule has 0 unspecified atom stereocenters. The number of nitrogens with zero attached hydrogens (tertiary/aromatic N) is 3. The van der Waals surface area contributed by atoms with Gasteiger partial charge in [0.25, 0.3) is 0 Å². The molecule has 0 radical (unpaired) electrons. The topological polar surface area (TPSA) is 62.7 Å². The Morgan fingerprint density at radius 1 is 1.04 bits per heavy atom. The molecule has 2 N–H and O–H groups in total. The molecule has 0 atom stereocenters. The molecule has 2 aromatic carbocycles. The Balaban J connectivity index is 1.82. The van der Waals surface area contributed by atoms with Gasteiger partial charge in [0.05, 0.1) is 11.2 Å². The van der Waals surface area contributed by atoms with Crippen LogP contribution in [0.2, 0.25) is 5.02 Å². The zero-order valence-electron chi connectivity index (χ0n) is 13.1. The Morgan fingerprint density at radius 2 is 1.79 bits per heavy atom. The van der Waals surface area contributed by atoms with Crippen LogP contribution in [0, 0.1) is 19.7 Å². The summed E-state index contributed by atoms with van der Waals surface area (Å²) in [6.45, 7) is 4.01. The molecule has 0 fully saturated rings. The number of benzene rings is 2. The summed E-state index contributed by atoms with van der Waals surface area (Å²) in [5.41, 5.74) is 3.73. The molecule has 24 heavy (non-hydrogen) atoms. The van der Waals surface area contributed by atoms with Gasteiger partial charge in [0, 0.05) is 11.4 Å². The molecule has 3 aromatic rings. The third-order valence-electron chi connectivity index (χ3n) is 3.47. The first kappa shape index (κ1) is 16.1. The van der Waals surface area contributed by atoms with Gasteiger partial charge in [-0.1, -0.05) is 29.8 Å². The van der Waals surface area contributed by atoms with Gasteiger partial charge >= 0.3 is 0 Å². The van der Waals surface area contributed by atoms with Gasteiger partial charge < -0.3 is 10.6 Å². The van der Waals surface area contributed by atoms with Gasteiger partial charge in [-0.25, -0.2) is 4.39 Å². The summed E-state index contributed by atoms with van der Waals surface area (Å²) in [4.78, 5) is 4.36. The lowest BCUT2D eigenvalue weighted by Crippen LogP contribution is -2.04. The van der Waals surface area contributed by atoms with Crippen molar-refractivity contribution in [3.8, 4) is 0 Å². The Hall–Kier alpha value is -2.73. The van der Waals surface area contributed by atoms with Crippen molar-refractivity contribution in [1.29, 1.82) is 0 Å². The van der Waals surface area contributed by atoms with Gasteiger partial charge in [0.1, 0.15) is 5.82 Å². The first-order chi connectivity index (χ1) is 11.5. The Labute approximate surface area is 143 Å². The van der Waals surface area contributed by atoms with Crippen molar-refractivity contribution < 1.29 is 4.39 Å². The maximum absolute atomic E-state index is 13.2. The Kier molecular flexibility index (Phi) is 4.57. The Morgan fingerprint density at radius 3 is 2.50 bits per heavy atom. The highest BCUT2D eigenvalue weighted by molar-refractivity contribution is 6.31. The normalized spacial score (nSPS) is 10.5. The number of anilines is 4. The van der Waals surface area contributed by atoms with Crippen LogP contribution in [0.4, 0.5) is 27.5 Å². The standard InChI is InChI=1S/C17H15ClFN5/c1-10-4-3-5-11(2)16(10)23-17-22-15(9-20-24-17)21-12-6-7-14(19)13(18)8-12/h3-9H,1-2H3,(H2,21,22,23,24). The van der Waals surface area contributed by atoms with Gasteiger partial charge in [0.15, 0.2) is 5.82 Å². The molecule has 122 valence electrons. The molecule has 0 aliphatic heterocycles. The molecule has 0 aliphatic rings. The first-order valence-corrected chi connectivity index (χ1v) is 7.66. The quantitative estimate of drug-likeness (QED) is 0.714. The number of aromatic nitrogens is 3. The molecule has 0 saturated heterocycles. The molecule has 3 rings (SSSR count). The average Bonchev–Trinajstić information content (AvgIpc) is 2.55. The van der Waals surface area contributed by atoms with Gasteiger partial charge in [-0.2, -0.15) is 10.1 Å². The van der Waals surface area contributed by atoms with Crippen molar-refractivity contribution in [2.45, 2.75) is 13.8 Å². The maximum Gasteiger partial charge on any atom is 0.249 e. The fourth-order valence-electron chi connectivity index (χ4n) is 2.26. The molecule has 0 spiro atoms. The number of rotatable bonds is 4. The van der Waals surface area contributed by atoms with E-state index in [1.54, 1.807) is 6.07 Å². The molecule has 1 aromatic heterocycles. The smallest absolute Gasteiger partial charge is 0.249 e. The number of aryl methyl sites for hydroxylation is 2. The number of hydrogen-bond acceptors (Lipinski definition) is 5. The molecule has 1 heterocycles. The summed E-state index contributed by atoms with van der Waals surface area (Å²) >= 11 is 5.78. The van der Waals surface area contributed by atoms with E-state index in [4.69, 9.17) is 11.6 Å². The van der Waals surface area contributed by atoms with E-state index in [9.17, 15) is 4.39 Å². The summed E-state index contributed by atoms with van der Waals surface area (Å²) in [7, 11) is 0. The second kappa shape index (κ2) is 6.80. The molecule has 0 saturated carbocycles. The van der Waals surface area contributed by atoms with E-state index in [0.717, 1.165) is 16.8 Å². The van der Waals surface area contributed by atoms with E-state index in [-0.39, 0.29) is 5.02 Å². The minimum Gasteiger partial charge on any atom is -0.339 e. The van der Waals surface area contributed by atoms with Gasteiger partial charge in [0.2, 0.25) is 5.95 Å². The van der Waals surface area contributed by atoms with E-state index >= 15 is 0 Å². The van der Waals surface area contributed by atoms with Crippen LogP contribution in [0.15, 0.2) is 42.6 Å². The highest BCUT2D eigenvalue weighted by atomic mass is 35.5. The fourth-order valence-corrected chi connectivity index (χ4v) is 2.44. The van der Waals surface area contributed by atoms with Crippen LogP contribution in [-0.2, 0) is 0 Å². The van der Waals surface area contributed by atoms with Crippen LogP contribution < -0.4 is 10.6 Å². The zero-order chi connectivity index (χ0) is 17.1. The second-order valence-electron chi connectivity index (χ2n) is 5.31. The summed E-state index contributed by atoms with van der Waals surface area (Å²) < 4.78 is 13.2. The molecule has 7 heteroatoms. The summed E-state index contributed by atoms with van der Waals surface area (Å²) in [6, 6.07) is 10.3. The average molecular weight is 344 g/mol. The minimum atomic E-state index is -0.472. The first-order valence-electron chi connectivity index (χ1n) is 7.28. The van der Waals surface area contributed by atoms with Crippen molar-refractivity contribution in [1.82, 2.24) is 15.2 Å². The largest absolute Gasteiger partial charge is 0.339 e. The van der Waals surface area contributed by atoms with Crippen molar-refractivity contribution in [2.24, 2.45) is 0 Å². The fraction of sp³-hybridized carbons (Fsp3) is 0.118. The summed E-state index contributed by atoms with van der Waals surface area (Å²) in [5.74, 6) is 0.368. The van der Waals surface area contributed by atoms with Gasteiger partial charge in [-0.15, -0.1) is 5.10 Å². The van der Waals surface area contributed by atoms with Crippen LogP contribution in [0.5, 0.6) is 0 Å². The Bertz CT molecular complexity index is 864. The lowest BCUT2D eigenvalue weighted by molar-refractivity contribution is 0.628. The van der Waals surface area contributed by atoms with Crippen LogP contribution in [-0.4, -0.2) is 15.2 Å². The van der Waals surface area contributed by atoms with E-state index in [1.165, 1.54) is 18.3 Å². The van der Waals surface area contributed by atoms with E-state index in [0.29, 0.717) is 17.5 Å². The summed E-state index contributed by atoms with van der Waals surface area (Å²) in [5, 5.41) is 14.2. The second-order valence-corrected chi connectivity index (χ2v) is 5.72. The predicted molar refractivity (Wildman–Crippen MR) is 93.7 cm³/mol. The molecular formula is C17H15ClFN5. The number of halogens is 2. The minimum absolute atomic E-state index is 0.0379. The number of para-hydroxylation sites is 1. The van der Waals surface area contributed by atoms with Gasteiger partial charge in [-0.3, -0.25) is 0 Å². The van der Waals surface area contributed by atoms with Crippen molar-refractivity contribution in [3.05, 3.63) is 64.6 Å². The lowest BCUT2D eigenvalue weighted by atomic mass is 10.1. The van der Waals surface area contributed by atoms with E-state index < -0.39 is 5.82 Å². The van der Waals surface area contributed by atoms with E-state index in [2.05, 4.69) is 25.8 Å². The molecule has 0 bridgehead atoms. The number of hydrogen-bond donors (Lipinski definition) is 2. The predicted octanol–water partition coefficient (Wildman–Crippen LogP) is 4.77. The molecule has 0 amide bonds. The lowest BCUT2D eigenvalue weighted by Gasteiger charge is -2.12. The van der Waals surface area contributed by atoms with E-state index in [1.807, 2.05) is 32.0 Å². The zero-order valence-corrected chi connectivity index (χ0v) is 13.9. The highest BCUT2D eigenvalue weighted by Crippen LogP contribution is 2.24. The maximum atomic E-state index is 13.2. The van der Waals surface area contributed by atoms with Crippen LogP contribution in [0.1, 0.15) is 11.1 Å². The van der Waals surface area contributed by atoms with Crippen molar-refractivity contribution in [2.75, 3.05) is 10.6 Å². The SMILES string of the molecule is Cc1cccc(C)c1Nc1nncc(Nc2ccc(F)c(Cl)c2)n1.